The van der Waals surface area contributed by atoms with Gasteiger partial charge in [-0.15, -0.1) is 0 Å². The molecule has 0 radical (unpaired) electrons. The maximum atomic E-state index is 13.4. The van der Waals surface area contributed by atoms with Crippen molar-refractivity contribution in [2.24, 2.45) is 18.7 Å². The van der Waals surface area contributed by atoms with Gasteiger partial charge in [0.1, 0.15) is 5.82 Å². The van der Waals surface area contributed by atoms with Crippen molar-refractivity contribution in [2.45, 2.75) is 56.3 Å². The number of nitrogens with two attached hydrogens (primary N) is 1. The summed E-state index contributed by atoms with van der Waals surface area (Å²) < 4.78 is 41.4. The molecular weight excluding hydrogens is 337 g/mol. The van der Waals surface area contributed by atoms with Crippen LogP contribution in [0.2, 0.25) is 0 Å². The van der Waals surface area contributed by atoms with Crippen molar-refractivity contribution in [1.82, 2.24) is 14.9 Å². The molecule has 0 aromatic carbocycles. The van der Waals surface area contributed by atoms with Gasteiger partial charge < -0.3 is 20.7 Å². The van der Waals surface area contributed by atoms with Crippen LogP contribution in [0.3, 0.4) is 0 Å². The number of imidazole rings is 1. The number of halogens is 3. The lowest BCUT2D eigenvalue weighted by molar-refractivity contribution is -0.272. The summed E-state index contributed by atoms with van der Waals surface area (Å²) in [5, 5.41) is 12.7. The number of rotatable bonds is 5. The van der Waals surface area contributed by atoms with Gasteiger partial charge in [-0.2, -0.15) is 13.2 Å². The third-order valence-corrected chi connectivity index (χ3v) is 5.02. The zero-order valence-corrected chi connectivity index (χ0v) is 14.4. The number of carbonyl (C=O) groups is 1. The average molecular weight is 362 g/mol. The second-order valence-electron chi connectivity index (χ2n) is 7.07. The lowest BCUT2D eigenvalue weighted by Gasteiger charge is -2.37. The van der Waals surface area contributed by atoms with E-state index in [1.54, 1.807) is 6.92 Å². The first kappa shape index (κ1) is 19.7. The van der Waals surface area contributed by atoms with E-state index in [4.69, 9.17) is 5.73 Å². The first-order valence-electron chi connectivity index (χ1n) is 8.32. The van der Waals surface area contributed by atoms with Gasteiger partial charge in [-0.25, -0.2) is 4.98 Å². The predicted octanol–water partition coefficient (Wildman–Crippen LogP) is 1.58. The SMILES string of the molecule is Cn1ccnc1C(O)(CCNC(=O)C1CCCCC1(C)N)C(F)(F)F. The standard InChI is InChI=1S/C16H25F3N4O2/c1-14(20)6-4-3-5-11(14)12(24)21-8-7-15(25,16(17,18)19)13-22-9-10-23(13)2/h9-11,25H,3-8,20H2,1-2H3,(H,21,24). The Balaban J connectivity index is 2.05. The molecule has 1 saturated carbocycles. The summed E-state index contributed by atoms with van der Waals surface area (Å²) in [5.74, 6) is -1.31. The highest BCUT2D eigenvalue weighted by Crippen LogP contribution is 2.40. The number of nitrogens with zero attached hydrogens (tertiary/aromatic N) is 2. The van der Waals surface area contributed by atoms with Gasteiger partial charge in [-0.1, -0.05) is 12.8 Å². The highest BCUT2D eigenvalue weighted by molar-refractivity contribution is 5.80. The fourth-order valence-electron chi connectivity index (χ4n) is 3.42. The maximum Gasteiger partial charge on any atom is 0.424 e. The molecule has 142 valence electrons. The van der Waals surface area contributed by atoms with Gasteiger partial charge >= 0.3 is 6.18 Å². The Bertz CT molecular complexity index is 615. The number of hydrogen-bond donors (Lipinski definition) is 3. The van der Waals surface area contributed by atoms with E-state index < -0.39 is 35.5 Å². The lowest BCUT2D eigenvalue weighted by atomic mass is 9.74. The van der Waals surface area contributed by atoms with E-state index in [1.807, 2.05) is 0 Å². The summed E-state index contributed by atoms with van der Waals surface area (Å²) in [4.78, 5) is 16.0. The Morgan fingerprint density at radius 2 is 2.20 bits per heavy atom. The van der Waals surface area contributed by atoms with Gasteiger partial charge in [0.15, 0.2) is 0 Å². The maximum absolute atomic E-state index is 13.4. The number of alkyl halides is 3. The molecule has 2 rings (SSSR count). The molecule has 3 unspecified atom stereocenters. The topological polar surface area (TPSA) is 93.2 Å². The van der Waals surface area contributed by atoms with E-state index in [0.717, 1.165) is 17.4 Å². The van der Waals surface area contributed by atoms with E-state index >= 15 is 0 Å². The van der Waals surface area contributed by atoms with Crippen LogP contribution in [-0.2, 0) is 17.4 Å². The van der Waals surface area contributed by atoms with Crippen molar-refractivity contribution in [2.75, 3.05) is 6.54 Å². The molecular formula is C16H25F3N4O2. The number of aryl methyl sites for hydroxylation is 1. The number of carbonyl (C=O) groups excluding carboxylic acids is 1. The van der Waals surface area contributed by atoms with Gasteiger partial charge in [0, 0.05) is 37.9 Å². The van der Waals surface area contributed by atoms with E-state index in [1.165, 1.54) is 19.4 Å². The molecule has 0 bridgehead atoms. The van der Waals surface area contributed by atoms with Crippen molar-refractivity contribution in [1.29, 1.82) is 0 Å². The molecule has 25 heavy (non-hydrogen) atoms. The Morgan fingerprint density at radius 3 is 2.72 bits per heavy atom. The molecule has 1 aromatic rings. The molecule has 0 aliphatic heterocycles. The quantitative estimate of drug-likeness (QED) is 0.741. The minimum absolute atomic E-state index is 0.325. The summed E-state index contributed by atoms with van der Waals surface area (Å²) >= 11 is 0. The molecule has 0 saturated heterocycles. The van der Waals surface area contributed by atoms with Gasteiger partial charge in [0.05, 0.1) is 5.92 Å². The average Bonchev–Trinajstić information content (AvgIpc) is 2.91. The third-order valence-electron chi connectivity index (χ3n) is 5.02. The largest absolute Gasteiger partial charge is 0.424 e. The molecule has 1 heterocycles. The highest BCUT2D eigenvalue weighted by Gasteiger charge is 2.57. The first-order valence-corrected chi connectivity index (χ1v) is 8.32. The molecule has 6 nitrogen and oxygen atoms in total. The molecule has 1 fully saturated rings. The fraction of sp³-hybridized carbons (Fsp3) is 0.750. The number of aliphatic hydroxyl groups is 1. The number of aromatic nitrogens is 2. The Labute approximate surface area is 144 Å². The van der Waals surface area contributed by atoms with Crippen LogP contribution >= 0.6 is 0 Å². The Kier molecular flexibility index (Phi) is 5.48. The molecule has 1 amide bonds. The van der Waals surface area contributed by atoms with Crippen LogP contribution in [-0.4, -0.2) is 38.8 Å². The van der Waals surface area contributed by atoms with Crippen molar-refractivity contribution in [3.63, 3.8) is 0 Å². The van der Waals surface area contributed by atoms with E-state index in [0.29, 0.717) is 12.8 Å². The zero-order valence-electron chi connectivity index (χ0n) is 14.4. The van der Waals surface area contributed by atoms with Gasteiger partial charge in [-0.3, -0.25) is 4.79 Å². The smallest absolute Gasteiger partial charge is 0.374 e. The van der Waals surface area contributed by atoms with Crippen LogP contribution in [0.25, 0.3) is 0 Å². The van der Waals surface area contributed by atoms with Crippen molar-refractivity contribution in [3.8, 4) is 0 Å². The van der Waals surface area contributed by atoms with E-state index in [2.05, 4.69) is 10.3 Å². The summed E-state index contributed by atoms with van der Waals surface area (Å²) in [6, 6.07) is 0. The summed E-state index contributed by atoms with van der Waals surface area (Å²) in [7, 11) is 1.37. The summed E-state index contributed by atoms with van der Waals surface area (Å²) in [5.41, 5.74) is 2.35. The molecule has 1 aromatic heterocycles. The fourth-order valence-corrected chi connectivity index (χ4v) is 3.42. The van der Waals surface area contributed by atoms with Gasteiger partial charge in [0.2, 0.25) is 11.5 Å². The van der Waals surface area contributed by atoms with E-state index in [9.17, 15) is 23.1 Å². The van der Waals surface area contributed by atoms with Gasteiger partial charge in [-0.05, 0) is 19.8 Å². The van der Waals surface area contributed by atoms with Crippen LogP contribution < -0.4 is 11.1 Å². The highest BCUT2D eigenvalue weighted by atomic mass is 19.4. The third kappa shape index (κ3) is 3.98. The molecule has 0 spiro atoms. The minimum atomic E-state index is -4.91. The molecule has 9 heteroatoms. The minimum Gasteiger partial charge on any atom is -0.374 e. The van der Waals surface area contributed by atoms with Gasteiger partial charge in [0.25, 0.3) is 0 Å². The molecule has 1 aliphatic carbocycles. The monoisotopic (exact) mass is 362 g/mol. The number of amides is 1. The molecule has 3 atom stereocenters. The van der Waals surface area contributed by atoms with Crippen LogP contribution in [0.15, 0.2) is 12.4 Å². The van der Waals surface area contributed by atoms with Crippen LogP contribution in [0.5, 0.6) is 0 Å². The molecule has 1 aliphatic rings. The number of hydrogen-bond acceptors (Lipinski definition) is 4. The summed E-state index contributed by atoms with van der Waals surface area (Å²) in [6.07, 6.45) is -0.00876. The lowest BCUT2D eigenvalue weighted by Crippen LogP contribution is -2.53. The Hall–Kier alpha value is -1.61. The van der Waals surface area contributed by atoms with E-state index in [-0.39, 0.29) is 12.5 Å². The summed E-state index contributed by atoms with van der Waals surface area (Å²) in [6.45, 7) is 1.46. The zero-order chi connectivity index (χ0) is 18.9. The Morgan fingerprint density at radius 1 is 1.52 bits per heavy atom. The number of nitrogens with one attached hydrogen (secondary N) is 1. The van der Waals surface area contributed by atoms with Crippen LogP contribution in [0.4, 0.5) is 13.2 Å². The van der Waals surface area contributed by atoms with Crippen molar-refractivity contribution < 1.29 is 23.1 Å². The second-order valence-corrected chi connectivity index (χ2v) is 7.07. The molecule has 4 N–H and O–H groups in total. The first-order chi connectivity index (χ1) is 11.5. The normalized spacial score (nSPS) is 26.9. The van der Waals surface area contributed by atoms with Crippen LogP contribution in [0.1, 0.15) is 44.9 Å². The predicted molar refractivity (Wildman–Crippen MR) is 85.3 cm³/mol. The van der Waals surface area contributed by atoms with Crippen molar-refractivity contribution in [3.05, 3.63) is 18.2 Å². The second kappa shape index (κ2) is 6.95. The van der Waals surface area contributed by atoms with Crippen molar-refractivity contribution >= 4 is 5.91 Å². The van der Waals surface area contributed by atoms with Crippen LogP contribution in [0, 0.1) is 5.92 Å².